The minimum atomic E-state index is -2.67. The Morgan fingerprint density at radius 2 is 0.667 bits per heavy atom. The molecule has 1 amide bonds. The number of carbonyl (C=O) groups is 5. The molecule has 8 aromatic heterocycles. The van der Waals surface area contributed by atoms with Gasteiger partial charge in [-0.2, -0.15) is 19.9 Å². The molecule has 4 fully saturated rings. The summed E-state index contributed by atoms with van der Waals surface area (Å²) in [4.78, 5) is 154. The highest BCUT2D eigenvalue weighted by Crippen LogP contribution is 2.37. The van der Waals surface area contributed by atoms with Crippen molar-refractivity contribution in [2.45, 2.75) is 124 Å². The van der Waals surface area contributed by atoms with E-state index in [1.54, 1.807) is 135 Å². The number of anilines is 12. The van der Waals surface area contributed by atoms with E-state index in [1.807, 2.05) is 59.5 Å². The molecule has 4 aromatic carbocycles. The number of halogens is 7. The van der Waals surface area contributed by atoms with Crippen LogP contribution in [-0.4, -0.2) is 197 Å². The first-order valence-corrected chi connectivity index (χ1v) is 47.0. The van der Waals surface area contributed by atoms with Crippen molar-refractivity contribution in [2.75, 3.05) is 134 Å². The molecule has 0 bridgehead atoms. The van der Waals surface area contributed by atoms with Gasteiger partial charge in [0.2, 0.25) is 29.7 Å². The van der Waals surface area contributed by atoms with E-state index in [9.17, 15) is 56.3 Å². The Hall–Kier alpha value is -13.3. The van der Waals surface area contributed by atoms with Gasteiger partial charge in [-0.05, 0) is 141 Å². The predicted octanol–water partition coefficient (Wildman–Crippen LogP) is 16.3. The molecule has 2 atom stereocenters. The number of benzene rings is 4. The Morgan fingerprint density at radius 1 is 0.406 bits per heavy atom. The van der Waals surface area contributed by atoms with E-state index >= 15 is 0 Å². The fourth-order valence-corrected chi connectivity index (χ4v) is 16.7. The topological polar surface area (TPSA) is 378 Å². The predicted molar refractivity (Wildman–Crippen MR) is 533 cm³/mol. The number of hydrogen-bond acceptors (Lipinski definition) is 29. The maximum atomic E-state index is 13.5. The van der Waals surface area contributed by atoms with Gasteiger partial charge in [-0.1, -0.05) is 87.9 Å². The maximum Gasteiger partial charge on any atom is 0.293 e. The fourth-order valence-electron chi connectivity index (χ4n) is 16.1. The molecule has 2 unspecified atom stereocenters. The van der Waals surface area contributed by atoms with Crippen LogP contribution >= 0.6 is 46.4 Å². The summed E-state index contributed by atoms with van der Waals surface area (Å²) in [6, 6.07) is 28.4. The van der Waals surface area contributed by atoms with E-state index in [0.717, 1.165) is 53.3 Å². The van der Waals surface area contributed by atoms with E-state index in [4.69, 9.17) is 70.3 Å². The average molecular weight is 1980 g/mol. The summed E-state index contributed by atoms with van der Waals surface area (Å²) in [7, 11) is 10.2. The number of rotatable bonds is 29. The summed E-state index contributed by atoms with van der Waals surface area (Å²) in [6.07, 6.45) is 9.80. The van der Waals surface area contributed by atoms with Crippen molar-refractivity contribution in [1.29, 1.82) is 0 Å². The summed E-state index contributed by atoms with van der Waals surface area (Å²) in [5, 5.41) is 17.3. The molecule has 41 heteroatoms. The first-order chi connectivity index (χ1) is 65.9. The Labute approximate surface area is 813 Å². The van der Waals surface area contributed by atoms with Gasteiger partial charge in [-0.3, -0.25) is 43.2 Å². The summed E-state index contributed by atoms with van der Waals surface area (Å²) >= 11 is 25.4. The summed E-state index contributed by atoms with van der Waals surface area (Å²) in [6.45, 7) is 15.5. The summed E-state index contributed by atoms with van der Waals surface area (Å²) in [5.74, 6) is 2.52. The van der Waals surface area contributed by atoms with Crippen LogP contribution in [0.15, 0.2) is 141 Å². The van der Waals surface area contributed by atoms with Crippen molar-refractivity contribution in [2.24, 2.45) is 45.9 Å². The number of pyridine rings is 4. The highest BCUT2D eigenvalue weighted by atomic mass is 35.5. The van der Waals surface area contributed by atoms with Crippen LogP contribution in [0.4, 0.5) is 83.0 Å². The van der Waals surface area contributed by atoms with E-state index in [2.05, 4.69) is 79.8 Å². The molecular weight excluding hydrogens is 1870 g/mol. The van der Waals surface area contributed by atoms with E-state index < -0.39 is 12.1 Å². The molecule has 0 spiro atoms. The fraction of sp³-hybridized carbons (Fsp3) is 0.412. The largest absolute Gasteiger partial charge is 0.480 e. The number of aromatic nitrogens is 12. The molecule has 34 nitrogen and oxygen atoms in total. The molecule has 12 heterocycles. The Kier molecular flexibility index (Phi) is 33.9. The lowest BCUT2D eigenvalue weighted by Gasteiger charge is -2.35. The zero-order valence-electron chi connectivity index (χ0n) is 78.7. The number of ether oxygens (including phenoxy) is 4. The number of aryl methyl sites for hydroxylation is 4. The standard InChI is InChI=1S/C26H31ClN6O4.C25H30ClN5O3.C23H24ClF2N5O3.C23H25ClFN5O3/c1-5-19(34)15-37-22-13-17-12-18(6-7-21(17)32(4)25(22)36)29-23-20(27)14-28-26(30-23)33-10-8-16(9-11-33)24(35)31(2)3;1-5-19(32)14-34-22-10-17-9-18(6-7-21(17)30(4)24(22)33)28-23-20(26)11-27-25(29-23)31-12-15(2)8-16(3)13-31;1-3-16(32)13-34-19-11-14-10-15(4-5-18(14)30(2)21(19)33)28-20-17(24)12-27-22(29-20)31-8-6-23(25,26)7-9-31;1-3-17(31)13-33-20-11-14-10-16(4-5-19(14)29(2)22(20)32)27-21-18(24)12-26-23(28-21)30-8-6-15(25)7-9-30/h6-7,12-14,16H,5,8-11,15H2,1-4H3,(H,28,29,30);6-7,9-11,15-16H,5,8,12-14H2,1-4H3,(H,27,28,29);4-5,10-12H,3,6-9,13H2,1-2H3,(H,27,28,29);4-5,10-12,15H,3,6-9,13H2,1-2H3,(H,26,27,28). The summed E-state index contributed by atoms with van der Waals surface area (Å²) < 4.78 is 68.3. The van der Waals surface area contributed by atoms with Crippen LogP contribution in [-0.2, 0) is 52.2 Å². The zero-order valence-corrected chi connectivity index (χ0v) is 81.7. The molecule has 4 aliphatic heterocycles. The number of amides is 1. The molecule has 0 saturated carbocycles. The monoisotopic (exact) mass is 1970 g/mol. The van der Waals surface area contributed by atoms with Gasteiger partial charge in [0.05, 0.1) is 46.9 Å². The minimum absolute atomic E-state index is 0.0127. The van der Waals surface area contributed by atoms with Gasteiger partial charge in [0.1, 0.15) is 52.7 Å². The highest BCUT2D eigenvalue weighted by Gasteiger charge is 2.36. The third kappa shape index (κ3) is 25.6. The smallest absolute Gasteiger partial charge is 0.293 e. The summed E-state index contributed by atoms with van der Waals surface area (Å²) in [5.41, 5.74) is 4.41. The van der Waals surface area contributed by atoms with Gasteiger partial charge in [0.15, 0.2) is 69.4 Å². The first kappa shape index (κ1) is 102. The number of ketones is 4. The lowest BCUT2D eigenvalue weighted by atomic mass is 9.92. The normalized spacial score (nSPS) is 15.5. The number of Topliss-reactive ketones (excluding diaryl/α,β-unsaturated/α-hetero) is 4. The lowest BCUT2D eigenvalue weighted by Crippen LogP contribution is -2.40. The van der Waals surface area contributed by atoms with Gasteiger partial charge >= 0.3 is 0 Å². The Bertz CT molecular complexity index is 6780. The van der Waals surface area contributed by atoms with Crippen molar-refractivity contribution in [3.05, 3.63) is 183 Å². The second-order valence-electron chi connectivity index (χ2n) is 34.6. The van der Waals surface area contributed by atoms with Crippen molar-refractivity contribution in [3.63, 3.8) is 0 Å². The van der Waals surface area contributed by atoms with Crippen LogP contribution in [0.2, 0.25) is 20.1 Å². The number of nitrogens with one attached hydrogen (secondary N) is 4. The molecule has 12 aromatic rings. The Balaban J connectivity index is 0.000000155. The van der Waals surface area contributed by atoms with Crippen molar-refractivity contribution >= 4 is 189 Å². The third-order valence-corrected chi connectivity index (χ3v) is 25.2. The van der Waals surface area contributed by atoms with Crippen LogP contribution in [0, 0.1) is 17.8 Å². The molecule has 138 heavy (non-hydrogen) atoms. The second-order valence-corrected chi connectivity index (χ2v) is 36.3. The van der Waals surface area contributed by atoms with Crippen LogP contribution in [0.3, 0.4) is 0 Å². The van der Waals surface area contributed by atoms with Gasteiger partial charge in [0, 0.05) is 183 Å². The molecule has 730 valence electrons. The minimum Gasteiger partial charge on any atom is -0.480 e. The number of alkyl halides is 3. The molecule has 4 N–H and O–H groups in total. The van der Waals surface area contributed by atoms with Crippen LogP contribution in [0.1, 0.15) is 112 Å². The lowest BCUT2D eigenvalue weighted by molar-refractivity contribution is -0.133. The van der Waals surface area contributed by atoms with Crippen molar-refractivity contribution < 1.29 is 56.1 Å². The van der Waals surface area contributed by atoms with E-state index in [1.165, 1.54) is 37.1 Å². The van der Waals surface area contributed by atoms with Crippen LogP contribution in [0.25, 0.3) is 43.6 Å². The number of fused-ring (bicyclic) bond motifs is 4. The number of carbonyl (C=O) groups excluding carboxylic acids is 5. The molecule has 16 rings (SSSR count). The van der Waals surface area contributed by atoms with Crippen LogP contribution in [0.5, 0.6) is 23.0 Å². The molecule has 0 aliphatic carbocycles. The number of nitrogens with zero attached hydrogens (tertiary/aromatic N) is 17. The maximum absolute atomic E-state index is 13.5. The highest BCUT2D eigenvalue weighted by molar-refractivity contribution is 6.34. The van der Waals surface area contributed by atoms with Gasteiger partial charge in [-0.15, -0.1) is 0 Å². The molecule has 0 radical (unpaired) electrons. The third-order valence-electron chi connectivity index (χ3n) is 24.1. The number of piperidine rings is 4. The molecule has 4 saturated heterocycles. The van der Waals surface area contributed by atoms with Gasteiger partial charge in [0.25, 0.3) is 28.2 Å². The van der Waals surface area contributed by atoms with Gasteiger partial charge in [-0.25, -0.2) is 33.1 Å². The van der Waals surface area contributed by atoms with Crippen molar-refractivity contribution in [3.8, 4) is 23.0 Å². The van der Waals surface area contributed by atoms with Gasteiger partial charge < -0.3 is 83.0 Å². The molecule has 4 aliphatic rings. The number of hydrogen-bond donors (Lipinski definition) is 4. The van der Waals surface area contributed by atoms with E-state index in [-0.39, 0.29) is 138 Å². The zero-order chi connectivity index (χ0) is 99.1. The Morgan fingerprint density at radius 3 is 0.935 bits per heavy atom. The van der Waals surface area contributed by atoms with Crippen LogP contribution < -0.4 is 82.1 Å². The molecular formula is C97H110Cl4F3N21O13. The quantitative estimate of drug-likeness (QED) is 0.0338. The average Bonchev–Trinajstić information content (AvgIpc) is 0.789. The van der Waals surface area contributed by atoms with Crippen molar-refractivity contribution in [1.82, 2.24) is 63.0 Å². The van der Waals surface area contributed by atoms with E-state index in [0.29, 0.717) is 178 Å². The SMILES string of the molecule is CCC(=O)COc1cc2cc(Nc3nc(N4CC(C)CC(C)C4)ncc3Cl)ccc2n(C)c1=O.CCC(=O)COc1cc2cc(Nc3nc(N4CCC(C(=O)N(C)C)CC4)ncc3Cl)ccc2n(C)c1=O.CCC(=O)COc1cc2cc(Nc3nc(N4CCC(F)(F)CC4)ncc3Cl)ccc2n(C)c1=O.CCC(=O)COc1cc2cc(Nc3nc(N4CCC(F)CC4)ncc3Cl)ccc2n(C)c1=O. The second kappa shape index (κ2) is 45.8. The first-order valence-electron chi connectivity index (χ1n) is 45.5.